The van der Waals surface area contributed by atoms with Gasteiger partial charge >= 0.3 is 5.63 Å². The van der Waals surface area contributed by atoms with Crippen molar-refractivity contribution < 1.29 is 13.9 Å². The minimum atomic E-state index is -0.398. The van der Waals surface area contributed by atoms with E-state index >= 15 is 0 Å². The number of benzene rings is 1. The van der Waals surface area contributed by atoms with Crippen LogP contribution in [0.5, 0.6) is 5.75 Å². The first-order valence-corrected chi connectivity index (χ1v) is 6.29. The Labute approximate surface area is 110 Å². The quantitative estimate of drug-likeness (QED) is 0.739. The Morgan fingerprint density at radius 2 is 2.00 bits per heavy atom. The van der Waals surface area contributed by atoms with Gasteiger partial charge in [-0.15, -0.1) is 0 Å². The first-order valence-electron chi connectivity index (χ1n) is 6.29. The van der Waals surface area contributed by atoms with Crippen molar-refractivity contribution in [3.8, 4) is 5.75 Å². The van der Waals surface area contributed by atoms with Crippen LogP contribution in [0.1, 0.15) is 19.4 Å². The molecule has 0 spiro atoms. The number of ether oxygens (including phenoxy) is 2. The highest BCUT2D eigenvalue weighted by molar-refractivity contribution is 5.82. The maximum absolute atomic E-state index is 11.4. The van der Waals surface area contributed by atoms with Gasteiger partial charge in [-0.1, -0.05) is 0 Å². The summed E-state index contributed by atoms with van der Waals surface area (Å²) in [4.78, 5) is 11.4. The lowest BCUT2D eigenvalue weighted by Crippen LogP contribution is -2.47. The number of hydrogen-bond acceptors (Lipinski definition) is 4. The van der Waals surface area contributed by atoms with Gasteiger partial charge in [0.15, 0.2) is 0 Å². The van der Waals surface area contributed by atoms with Crippen LogP contribution in [0.4, 0.5) is 0 Å². The summed E-state index contributed by atoms with van der Waals surface area (Å²) in [5.74, 6) is 0.764. The zero-order valence-electron chi connectivity index (χ0n) is 11.2. The molecule has 4 nitrogen and oxygen atoms in total. The van der Waals surface area contributed by atoms with Crippen LogP contribution in [0.15, 0.2) is 33.5 Å². The largest absolute Gasteiger partial charge is 0.485 e. The molecule has 0 radical (unpaired) electrons. The summed E-state index contributed by atoms with van der Waals surface area (Å²) >= 11 is 0. The molecule has 0 saturated heterocycles. The third-order valence-corrected chi connectivity index (χ3v) is 3.67. The molecule has 4 heteroatoms. The van der Waals surface area contributed by atoms with Gasteiger partial charge in [-0.2, -0.15) is 0 Å². The molecule has 19 heavy (non-hydrogen) atoms. The lowest BCUT2D eigenvalue weighted by molar-refractivity contribution is -0.0640. The maximum atomic E-state index is 11.4. The summed E-state index contributed by atoms with van der Waals surface area (Å²) in [6.07, 6.45) is 0.597. The van der Waals surface area contributed by atoms with Crippen molar-refractivity contribution in [3.63, 3.8) is 0 Å². The highest BCUT2D eigenvalue weighted by atomic mass is 16.5. The van der Waals surface area contributed by atoms with Crippen molar-refractivity contribution in [2.75, 3.05) is 7.11 Å². The highest BCUT2D eigenvalue weighted by Crippen LogP contribution is 2.38. The van der Waals surface area contributed by atoms with E-state index < -0.39 is 5.60 Å². The van der Waals surface area contributed by atoms with Gasteiger partial charge in [-0.3, -0.25) is 0 Å². The average molecular weight is 260 g/mol. The third kappa shape index (κ3) is 1.92. The molecule has 1 atom stereocenters. The molecule has 100 valence electrons. The second kappa shape index (κ2) is 4.10. The zero-order valence-corrected chi connectivity index (χ0v) is 11.2. The molecule has 0 N–H and O–H groups in total. The Morgan fingerprint density at radius 1 is 1.26 bits per heavy atom. The number of methoxy groups -OCH3 is 1. The van der Waals surface area contributed by atoms with Gasteiger partial charge < -0.3 is 13.9 Å². The fraction of sp³-hybridized carbons (Fsp3) is 0.400. The minimum absolute atomic E-state index is 0.0730. The maximum Gasteiger partial charge on any atom is 0.336 e. The summed E-state index contributed by atoms with van der Waals surface area (Å²) < 4.78 is 16.8. The molecule has 0 saturated carbocycles. The van der Waals surface area contributed by atoms with Crippen LogP contribution < -0.4 is 10.4 Å². The Kier molecular flexibility index (Phi) is 2.64. The fourth-order valence-corrected chi connectivity index (χ4v) is 2.61. The van der Waals surface area contributed by atoms with E-state index in [2.05, 4.69) is 0 Å². The summed E-state index contributed by atoms with van der Waals surface area (Å²) in [5.41, 5.74) is 0.758. The molecule has 1 aliphatic rings. The fourth-order valence-electron chi connectivity index (χ4n) is 2.61. The SMILES string of the molecule is COC1Cc2c(ccc3ccc(=O)oc23)OC1(C)C. The van der Waals surface area contributed by atoms with Crippen molar-refractivity contribution in [1.82, 2.24) is 0 Å². The first-order chi connectivity index (χ1) is 9.01. The molecule has 0 bridgehead atoms. The lowest BCUT2D eigenvalue weighted by atomic mass is 9.90. The van der Waals surface area contributed by atoms with E-state index in [1.807, 2.05) is 26.0 Å². The summed E-state index contributed by atoms with van der Waals surface area (Å²) in [7, 11) is 1.67. The van der Waals surface area contributed by atoms with E-state index in [9.17, 15) is 4.79 Å². The summed E-state index contributed by atoms with van der Waals surface area (Å²) in [5, 5.41) is 0.900. The molecule has 1 aliphatic heterocycles. The zero-order chi connectivity index (χ0) is 13.6. The van der Waals surface area contributed by atoms with Crippen LogP contribution in [0.3, 0.4) is 0 Å². The van der Waals surface area contributed by atoms with Gasteiger partial charge in [0, 0.05) is 30.5 Å². The number of hydrogen-bond donors (Lipinski definition) is 0. The predicted molar refractivity (Wildman–Crippen MR) is 71.7 cm³/mol. The van der Waals surface area contributed by atoms with E-state index in [0.29, 0.717) is 12.0 Å². The molecule has 0 aliphatic carbocycles. The molecule has 0 amide bonds. The molecule has 1 aromatic carbocycles. The second-order valence-electron chi connectivity index (χ2n) is 5.35. The van der Waals surface area contributed by atoms with Crippen LogP contribution in [0.2, 0.25) is 0 Å². The van der Waals surface area contributed by atoms with Crippen molar-refractivity contribution in [3.05, 3.63) is 40.2 Å². The van der Waals surface area contributed by atoms with E-state index in [-0.39, 0.29) is 11.7 Å². The van der Waals surface area contributed by atoms with Crippen LogP contribution >= 0.6 is 0 Å². The average Bonchev–Trinajstić information content (AvgIpc) is 2.36. The minimum Gasteiger partial charge on any atom is -0.485 e. The Balaban J connectivity index is 2.23. The van der Waals surface area contributed by atoms with Crippen LogP contribution in [0.25, 0.3) is 11.0 Å². The van der Waals surface area contributed by atoms with Crippen molar-refractivity contribution >= 4 is 11.0 Å². The number of fused-ring (bicyclic) bond motifs is 3. The van der Waals surface area contributed by atoms with E-state index in [1.165, 1.54) is 6.07 Å². The summed E-state index contributed by atoms with van der Waals surface area (Å²) in [6.45, 7) is 3.99. The molecular formula is C15H16O4. The molecule has 2 aromatic rings. The van der Waals surface area contributed by atoms with Crippen molar-refractivity contribution in [2.45, 2.75) is 32.0 Å². The van der Waals surface area contributed by atoms with Crippen molar-refractivity contribution in [1.29, 1.82) is 0 Å². The van der Waals surface area contributed by atoms with Gasteiger partial charge in [0.2, 0.25) is 0 Å². The van der Waals surface area contributed by atoms with Gasteiger partial charge in [0.25, 0.3) is 0 Å². The molecule has 3 rings (SSSR count). The second-order valence-corrected chi connectivity index (χ2v) is 5.35. The molecule has 2 heterocycles. The predicted octanol–water partition coefficient (Wildman–Crippen LogP) is 2.52. The van der Waals surface area contributed by atoms with Crippen molar-refractivity contribution in [2.24, 2.45) is 0 Å². The van der Waals surface area contributed by atoms with Gasteiger partial charge in [0.05, 0.1) is 0 Å². The lowest BCUT2D eigenvalue weighted by Gasteiger charge is -2.39. The number of rotatable bonds is 1. The Bertz CT molecular complexity index is 684. The smallest absolute Gasteiger partial charge is 0.336 e. The van der Waals surface area contributed by atoms with Gasteiger partial charge in [-0.05, 0) is 32.0 Å². The topological polar surface area (TPSA) is 48.7 Å². The molecule has 0 fully saturated rings. The van der Waals surface area contributed by atoms with Crippen LogP contribution in [0, 0.1) is 0 Å². The van der Waals surface area contributed by atoms with E-state index in [4.69, 9.17) is 13.9 Å². The normalized spacial score (nSPS) is 20.9. The van der Waals surface area contributed by atoms with Crippen LogP contribution in [-0.4, -0.2) is 18.8 Å². The molecule has 1 aromatic heterocycles. The highest BCUT2D eigenvalue weighted by Gasteiger charge is 2.38. The molecule has 1 unspecified atom stereocenters. The first kappa shape index (κ1) is 12.2. The third-order valence-electron chi connectivity index (χ3n) is 3.67. The Hall–Kier alpha value is -1.81. The summed E-state index contributed by atoms with van der Waals surface area (Å²) in [6, 6.07) is 7.02. The van der Waals surface area contributed by atoms with E-state index in [0.717, 1.165) is 16.7 Å². The van der Waals surface area contributed by atoms with Gasteiger partial charge in [0.1, 0.15) is 23.0 Å². The van der Waals surface area contributed by atoms with Crippen LogP contribution in [-0.2, 0) is 11.2 Å². The molecular weight excluding hydrogens is 244 g/mol. The van der Waals surface area contributed by atoms with Gasteiger partial charge in [-0.25, -0.2) is 4.79 Å². The standard InChI is InChI=1S/C15H16O4/c1-15(2)12(17-3)8-10-11(19-15)6-4-9-5-7-13(16)18-14(9)10/h4-7,12H,8H2,1-3H3. The van der Waals surface area contributed by atoms with E-state index in [1.54, 1.807) is 13.2 Å². The monoisotopic (exact) mass is 260 g/mol. The Morgan fingerprint density at radius 3 is 2.74 bits per heavy atom.